The Morgan fingerprint density at radius 3 is 2.69 bits per heavy atom. The summed E-state index contributed by atoms with van der Waals surface area (Å²) in [6.45, 7) is 0. The molecule has 0 radical (unpaired) electrons. The van der Waals surface area contributed by atoms with Crippen LogP contribution in [0.5, 0.6) is 0 Å². The number of thiazole rings is 1. The van der Waals surface area contributed by atoms with E-state index in [2.05, 4.69) is 25.8 Å². The third-order valence-electron chi connectivity index (χ3n) is 4.35. The summed E-state index contributed by atoms with van der Waals surface area (Å²) in [5, 5.41) is 11.7. The molecule has 3 aromatic heterocycles. The van der Waals surface area contributed by atoms with Gasteiger partial charge in [0.2, 0.25) is 0 Å². The first-order valence-corrected chi connectivity index (χ1v) is 12.8. The lowest BCUT2D eigenvalue weighted by Gasteiger charge is -2.25. The molecule has 0 spiro atoms. The number of rotatable bonds is 5. The van der Waals surface area contributed by atoms with Gasteiger partial charge in [0.1, 0.15) is 4.21 Å². The van der Waals surface area contributed by atoms with E-state index in [1.165, 1.54) is 54.8 Å². The zero-order valence-corrected chi connectivity index (χ0v) is 17.4. The Morgan fingerprint density at radius 2 is 2.04 bits per heavy atom. The van der Waals surface area contributed by atoms with Gasteiger partial charge in [-0.2, -0.15) is 0 Å². The fourth-order valence-electron chi connectivity index (χ4n) is 3.13. The number of sulfone groups is 1. The molecule has 0 saturated heterocycles. The van der Waals surface area contributed by atoms with E-state index in [9.17, 15) is 8.42 Å². The van der Waals surface area contributed by atoms with Gasteiger partial charge < -0.3 is 0 Å². The monoisotopic (exact) mass is 426 g/mol. The summed E-state index contributed by atoms with van der Waals surface area (Å²) >= 11 is 4.24. The first-order chi connectivity index (χ1) is 12.5. The van der Waals surface area contributed by atoms with Crippen molar-refractivity contribution in [1.82, 2.24) is 19.7 Å². The highest BCUT2D eigenvalue weighted by Crippen LogP contribution is 2.39. The van der Waals surface area contributed by atoms with E-state index in [0.717, 1.165) is 28.7 Å². The van der Waals surface area contributed by atoms with E-state index in [1.807, 2.05) is 11.4 Å². The second kappa shape index (κ2) is 7.41. The molecule has 3 aromatic rings. The minimum Gasteiger partial charge on any atom is -0.298 e. The third-order valence-corrected chi connectivity index (χ3v) is 9.04. The van der Waals surface area contributed by atoms with Crippen molar-refractivity contribution in [3.8, 4) is 10.7 Å². The standard InChI is InChI=1S/C16H18N4O2S4/c1-26(21,22)13-10-17-16(24-13)25-15-19-18-14(12-8-5-9-23-12)20(15)11-6-3-2-4-7-11/h5,8-11H,2-4,6-7H2,1H3. The molecule has 10 heteroatoms. The molecule has 1 saturated carbocycles. The molecular weight excluding hydrogens is 408 g/mol. The van der Waals surface area contributed by atoms with Crippen LogP contribution in [0.25, 0.3) is 10.7 Å². The number of nitrogens with zero attached hydrogens (tertiary/aromatic N) is 4. The molecule has 0 aliphatic heterocycles. The molecule has 0 N–H and O–H groups in total. The number of hydrogen-bond donors (Lipinski definition) is 0. The number of hydrogen-bond acceptors (Lipinski definition) is 8. The third kappa shape index (κ3) is 3.73. The van der Waals surface area contributed by atoms with Gasteiger partial charge in [-0.3, -0.25) is 4.57 Å². The zero-order chi connectivity index (χ0) is 18.1. The molecular formula is C16H18N4O2S4. The normalized spacial score (nSPS) is 16.2. The summed E-state index contributed by atoms with van der Waals surface area (Å²) in [5.74, 6) is 0.897. The van der Waals surface area contributed by atoms with E-state index < -0.39 is 9.84 Å². The van der Waals surface area contributed by atoms with Crippen LogP contribution < -0.4 is 0 Å². The molecule has 4 rings (SSSR count). The van der Waals surface area contributed by atoms with Gasteiger partial charge in [0.25, 0.3) is 0 Å². The summed E-state index contributed by atoms with van der Waals surface area (Å²) in [6, 6.07) is 4.46. The van der Waals surface area contributed by atoms with Crippen molar-refractivity contribution in [2.75, 3.05) is 6.26 Å². The van der Waals surface area contributed by atoms with Crippen molar-refractivity contribution in [3.63, 3.8) is 0 Å². The fraction of sp³-hybridized carbons (Fsp3) is 0.438. The van der Waals surface area contributed by atoms with Gasteiger partial charge in [-0.1, -0.05) is 36.7 Å². The van der Waals surface area contributed by atoms with Crippen LogP contribution in [0, 0.1) is 0 Å². The van der Waals surface area contributed by atoms with E-state index in [0.29, 0.717) is 10.4 Å². The molecule has 26 heavy (non-hydrogen) atoms. The Kier molecular flexibility index (Phi) is 5.18. The average Bonchev–Trinajstić information content (AvgIpc) is 3.36. The Morgan fingerprint density at radius 1 is 1.23 bits per heavy atom. The Hall–Kier alpha value is -1.23. The average molecular weight is 427 g/mol. The predicted octanol–water partition coefficient (Wildman–Crippen LogP) is 4.52. The summed E-state index contributed by atoms with van der Waals surface area (Å²) < 4.78 is 26.6. The Bertz CT molecular complexity index is 986. The van der Waals surface area contributed by atoms with Crippen LogP contribution in [0.4, 0.5) is 0 Å². The van der Waals surface area contributed by atoms with Gasteiger partial charge in [-0.25, -0.2) is 13.4 Å². The lowest BCUT2D eigenvalue weighted by Crippen LogP contribution is -2.14. The van der Waals surface area contributed by atoms with Gasteiger partial charge in [0, 0.05) is 12.3 Å². The second-order valence-electron chi connectivity index (χ2n) is 6.26. The SMILES string of the molecule is CS(=O)(=O)c1cnc(Sc2nnc(-c3cccs3)n2C2CCCCC2)s1. The van der Waals surface area contributed by atoms with Gasteiger partial charge in [0.05, 0.1) is 11.1 Å². The van der Waals surface area contributed by atoms with Crippen LogP contribution in [0.3, 0.4) is 0 Å². The van der Waals surface area contributed by atoms with E-state index in [-0.39, 0.29) is 4.21 Å². The molecule has 1 aliphatic rings. The Labute approximate surface area is 164 Å². The highest BCUT2D eigenvalue weighted by Gasteiger charge is 2.25. The van der Waals surface area contributed by atoms with E-state index in [1.54, 1.807) is 11.3 Å². The smallest absolute Gasteiger partial charge is 0.198 e. The van der Waals surface area contributed by atoms with Crippen LogP contribution in [0.2, 0.25) is 0 Å². The van der Waals surface area contributed by atoms with Gasteiger partial charge in [-0.15, -0.1) is 21.5 Å². The van der Waals surface area contributed by atoms with Crippen molar-refractivity contribution < 1.29 is 8.42 Å². The predicted molar refractivity (Wildman–Crippen MR) is 105 cm³/mol. The van der Waals surface area contributed by atoms with Crippen LogP contribution in [0.15, 0.2) is 37.4 Å². The van der Waals surface area contributed by atoms with Crippen molar-refractivity contribution in [1.29, 1.82) is 0 Å². The lowest BCUT2D eigenvalue weighted by atomic mass is 9.95. The minimum atomic E-state index is -3.23. The molecule has 1 fully saturated rings. The molecule has 0 atom stereocenters. The summed E-state index contributed by atoms with van der Waals surface area (Å²) in [5.41, 5.74) is 0. The number of thiophene rings is 1. The molecule has 1 aliphatic carbocycles. The van der Waals surface area contributed by atoms with Crippen molar-refractivity contribution in [3.05, 3.63) is 23.7 Å². The van der Waals surface area contributed by atoms with Crippen LogP contribution >= 0.6 is 34.4 Å². The summed E-state index contributed by atoms with van der Waals surface area (Å²) in [7, 11) is -3.23. The lowest BCUT2D eigenvalue weighted by molar-refractivity contribution is 0.339. The highest BCUT2D eigenvalue weighted by atomic mass is 32.2. The van der Waals surface area contributed by atoms with Gasteiger partial charge >= 0.3 is 0 Å². The Balaban J connectivity index is 1.70. The van der Waals surface area contributed by atoms with Crippen molar-refractivity contribution >= 4 is 44.3 Å². The van der Waals surface area contributed by atoms with Gasteiger partial charge in [0.15, 0.2) is 25.2 Å². The molecule has 3 heterocycles. The van der Waals surface area contributed by atoms with Crippen LogP contribution in [0.1, 0.15) is 38.1 Å². The summed E-state index contributed by atoms with van der Waals surface area (Å²) in [6.07, 6.45) is 8.57. The molecule has 138 valence electrons. The molecule has 6 nitrogen and oxygen atoms in total. The van der Waals surface area contributed by atoms with E-state index >= 15 is 0 Å². The van der Waals surface area contributed by atoms with Gasteiger partial charge in [-0.05, 0) is 36.0 Å². The van der Waals surface area contributed by atoms with E-state index in [4.69, 9.17) is 0 Å². The first kappa shape index (κ1) is 18.1. The maximum Gasteiger partial charge on any atom is 0.198 e. The highest BCUT2D eigenvalue weighted by molar-refractivity contribution is 8.01. The maximum absolute atomic E-state index is 11.7. The molecule has 0 amide bonds. The zero-order valence-electron chi connectivity index (χ0n) is 14.2. The maximum atomic E-state index is 11.7. The van der Waals surface area contributed by atoms with Crippen molar-refractivity contribution in [2.45, 2.75) is 51.9 Å². The van der Waals surface area contributed by atoms with Crippen LogP contribution in [-0.4, -0.2) is 34.4 Å². The quantitative estimate of drug-likeness (QED) is 0.597. The number of aromatic nitrogens is 4. The fourth-order valence-corrected chi connectivity index (χ4v) is 6.80. The first-order valence-electron chi connectivity index (χ1n) is 8.35. The topological polar surface area (TPSA) is 77.7 Å². The molecule has 0 aromatic carbocycles. The second-order valence-corrected chi connectivity index (χ2v) is 11.7. The largest absolute Gasteiger partial charge is 0.298 e. The molecule has 0 bridgehead atoms. The van der Waals surface area contributed by atoms with Crippen LogP contribution in [-0.2, 0) is 9.84 Å². The van der Waals surface area contributed by atoms with Crippen molar-refractivity contribution in [2.24, 2.45) is 0 Å². The summed E-state index contributed by atoms with van der Waals surface area (Å²) in [4.78, 5) is 5.36. The minimum absolute atomic E-state index is 0.280. The molecule has 0 unspecified atom stereocenters.